The van der Waals surface area contributed by atoms with Gasteiger partial charge in [0.25, 0.3) is 0 Å². The van der Waals surface area contributed by atoms with E-state index in [1.165, 1.54) is 38.0 Å². The van der Waals surface area contributed by atoms with E-state index < -0.39 is 0 Å². The van der Waals surface area contributed by atoms with Gasteiger partial charge in [0.05, 0.1) is 0 Å². The zero-order chi connectivity index (χ0) is 11.7. The molecule has 0 unspecified atom stereocenters. The van der Waals surface area contributed by atoms with Crippen LogP contribution in [0.1, 0.15) is 31.4 Å². The van der Waals surface area contributed by atoms with E-state index in [0.29, 0.717) is 12.1 Å². The van der Waals surface area contributed by atoms with E-state index in [-0.39, 0.29) is 0 Å². The standard InChI is InChI=1S/C15H22N2/c1-12(13-5-3-2-4-6-13)16-15-11-17-9-7-14(15)8-10-17/h2-6,12,14-16H,7-11H2,1H3/t12-,15-/m1/s1. The third kappa shape index (κ3) is 2.38. The Morgan fingerprint density at radius 2 is 1.88 bits per heavy atom. The lowest BCUT2D eigenvalue weighted by Gasteiger charge is -2.46. The molecule has 0 amide bonds. The molecule has 0 spiro atoms. The van der Waals surface area contributed by atoms with E-state index in [1.54, 1.807) is 0 Å². The zero-order valence-electron chi connectivity index (χ0n) is 10.6. The Kier molecular flexibility index (Phi) is 3.17. The van der Waals surface area contributed by atoms with Crippen molar-refractivity contribution in [1.82, 2.24) is 10.2 Å². The summed E-state index contributed by atoms with van der Waals surface area (Å²) < 4.78 is 0. The molecule has 4 rings (SSSR count). The van der Waals surface area contributed by atoms with Crippen LogP contribution in [-0.4, -0.2) is 30.6 Å². The summed E-state index contributed by atoms with van der Waals surface area (Å²) in [4.78, 5) is 2.61. The highest BCUT2D eigenvalue weighted by Gasteiger charge is 2.34. The van der Waals surface area contributed by atoms with Crippen molar-refractivity contribution in [3.63, 3.8) is 0 Å². The van der Waals surface area contributed by atoms with Crippen molar-refractivity contribution in [2.45, 2.75) is 31.8 Å². The van der Waals surface area contributed by atoms with Crippen LogP contribution in [0.5, 0.6) is 0 Å². The molecule has 1 aromatic rings. The van der Waals surface area contributed by atoms with Gasteiger partial charge in [0.2, 0.25) is 0 Å². The van der Waals surface area contributed by atoms with Gasteiger partial charge in [-0.3, -0.25) is 0 Å². The fourth-order valence-electron chi connectivity index (χ4n) is 3.31. The molecule has 92 valence electrons. The fourth-order valence-corrected chi connectivity index (χ4v) is 3.31. The average Bonchev–Trinajstić information content (AvgIpc) is 2.41. The molecule has 0 aromatic heterocycles. The Morgan fingerprint density at radius 1 is 1.18 bits per heavy atom. The Balaban J connectivity index is 1.64. The monoisotopic (exact) mass is 230 g/mol. The van der Waals surface area contributed by atoms with Crippen LogP contribution < -0.4 is 5.32 Å². The van der Waals surface area contributed by atoms with Gasteiger partial charge in [0.15, 0.2) is 0 Å². The van der Waals surface area contributed by atoms with Crippen molar-refractivity contribution in [2.24, 2.45) is 5.92 Å². The van der Waals surface area contributed by atoms with Crippen LogP contribution in [0.3, 0.4) is 0 Å². The van der Waals surface area contributed by atoms with Crippen molar-refractivity contribution < 1.29 is 0 Å². The topological polar surface area (TPSA) is 15.3 Å². The number of nitrogens with one attached hydrogen (secondary N) is 1. The van der Waals surface area contributed by atoms with Gasteiger partial charge in [-0.2, -0.15) is 0 Å². The number of piperidine rings is 3. The predicted molar refractivity (Wildman–Crippen MR) is 70.9 cm³/mol. The molecule has 3 fully saturated rings. The molecular formula is C15H22N2. The quantitative estimate of drug-likeness (QED) is 0.858. The summed E-state index contributed by atoms with van der Waals surface area (Å²) in [6, 6.07) is 12.0. The lowest BCUT2D eigenvalue weighted by molar-refractivity contribution is 0.0680. The second-order valence-corrected chi connectivity index (χ2v) is 5.54. The highest BCUT2D eigenvalue weighted by molar-refractivity contribution is 5.18. The maximum absolute atomic E-state index is 3.82. The summed E-state index contributed by atoms with van der Waals surface area (Å²) in [5.41, 5.74) is 1.41. The summed E-state index contributed by atoms with van der Waals surface area (Å²) in [5, 5.41) is 3.82. The Morgan fingerprint density at radius 3 is 2.47 bits per heavy atom. The van der Waals surface area contributed by atoms with Gasteiger partial charge in [-0.05, 0) is 44.3 Å². The molecule has 3 aliphatic heterocycles. The minimum Gasteiger partial charge on any atom is -0.306 e. The molecule has 2 heteroatoms. The molecule has 2 nitrogen and oxygen atoms in total. The predicted octanol–water partition coefficient (Wildman–Crippen LogP) is 2.43. The number of fused-ring (bicyclic) bond motifs is 3. The van der Waals surface area contributed by atoms with Crippen LogP contribution in [0, 0.1) is 5.92 Å². The third-order valence-corrected chi connectivity index (χ3v) is 4.42. The van der Waals surface area contributed by atoms with Crippen molar-refractivity contribution in [3.05, 3.63) is 35.9 Å². The van der Waals surface area contributed by atoms with Crippen molar-refractivity contribution in [2.75, 3.05) is 19.6 Å². The normalized spacial score (nSPS) is 33.6. The smallest absolute Gasteiger partial charge is 0.0294 e. The van der Waals surface area contributed by atoms with Crippen molar-refractivity contribution in [1.29, 1.82) is 0 Å². The number of rotatable bonds is 3. The molecule has 0 radical (unpaired) electrons. The summed E-state index contributed by atoms with van der Waals surface area (Å²) >= 11 is 0. The van der Waals surface area contributed by atoms with E-state index in [4.69, 9.17) is 0 Å². The second kappa shape index (κ2) is 4.79. The summed E-state index contributed by atoms with van der Waals surface area (Å²) in [6.45, 7) is 6.18. The highest BCUT2D eigenvalue weighted by atomic mass is 15.2. The summed E-state index contributed by atoms with van der Waals surface area (Å²) in [7, 11) is 0. The van der Waals surface area contributed by atoms with Crippen LogP contribution in [-0.2, 0) is 0 Å². The first-order chi connectivity index (χ1) is 8.33. The van der Waals surface area contributed by atoms with Gasteiger partial charge in [-0.15, -0.1) is 0 Å². The summed E-state index contributed by atoms with van der Waals surface area (Å²) in [6.07, 6.45) is 2.78. The first-order valence-corrected chi connectivity index (χ1v) is 6.86. The Bertz CT molecular complexity index is 354. The van der Waals surface area contributed by atoms with E-state index in [0.717, 1.165) is 5.92 Å². The van der Waals surface area contributed by atoms with Gasteiger partial charge >= 0.3 is 0 Å². The number of benzene rings is 1. The van der Waals surface area contributed by atoms with Gasteiger partial charge in [0.1, 0.15) is 0 Å². The molecule has 0 saturated carbocycles. The minimum absolute atomic E-state index is 0.474. The van der Waals surface area contributed by atoms with Crippen molar-refractivity contribution >= 4 is 0 Å². The molecule has 3 saturated heterocycles. The molecule has 1 aromatic carbocycles. The van der Waals surface area contributed by atoms with Crippen molar-refractivity contribution in [3.8, 4) is 0 Å². The maximum atomic E-state index is 3.82. The number of nitrogens with zero attached hydrogens (tertiary/aromatic N) is 1. The molecule has 17 heavy (non-hydrogen) atoms. The first kappa shape index (κ1) is 11.2. The second-order valence-electron chi connectivity index (χ2n) is 5.54. The molecule has 3 aliphatic rings. The zero-order valence-corrected chi connectivity index (χ0v) is 10.6. The molecule has 0 aliphatic carbocycles. The molecule has 2 atom stereocenters. The largest absolute Gasteiger partial charge is 0.306 e. The van der Waals surface area contributed by atoms with Crippen LogP contribution in [0.25, 0.3) is 0 Å². The third-order valence-electron chi connectivity index (χ3n) is 4.42. The summed E-state index contributed by atoms with van der Waals surface area (Å²) in [5.74, 6) is 0.908. The first-order valence-electron chi connectivity index (χ1n) is 6.86. The van der Waals surface area contributed by atoms with E-state index in [1.807, 2.05) is 0 Å². The SMILES string of the molecule is C[C@@H](N[C@@H]1CN2CCC1CC2)c1ccccc1. The van der Waals surface area contributed by atoms with Gasteiger partial charge in [-0.25, -0.2) is 0 Å². The van der Waals surface area contributed by atoms with Gasteiger partial charge in [-0.1, -0.05) is 30.3 Å². The molecule has 3 heterocycles. The molecular weight excluding hydrogens is 208 g/mol. The lowest BCUT2D eigenvalue weighted by Crippen LogP contribution is -2.56. The average molecular weight is 230 g/mol. The van der Waals surface area contributed by atoms with E-state index >= 15 is 0 Å². The van der Waals surface area contributed by atoms with Gasteiger partial charge < -0.3 is 10.2 Å². The van der Waals surface area contributed by atoms with E-state index in [2.05, 4.69) is 47.5 Å². The number of hydrogen-bond acceptors (Lipinski definition) is 2. The van der Waals surface area contributed by atoms with E-state index in [9.17, 15) is 0 Å². The minimum atomic E-state index is 0.474. The maximum Gasteiger partial charge on any atom is 0.0294 e. The van der Waals surface area contributed by atoms with Crippen LogP contribution in [0.15, 0.2) is 30.3 Å². The highest BCUT2D eigenvalue weighted by Crippen LogP contribution is 2.29. The van der Waals surface area contributed by atoms with Gasteiger partial charge in [0, 0.05) is 18.6 Å². The van der Waals surface area contributed by atoms with Crippen LogP contribution in [0.4, 0.5) is 0 Å². The molecule has 2 bridgehead atoms. The van der Waals surface area contributed by atoms with Crippen LogP contribution in [0.2, 0.25) is 0 Å². The van der Waals surface area contributed by atoms with Crippen LogP contribution >= 0.6 is 0 Å². The lowest BCUT2D eigenvalue weighted by atomic mass is 9.83. The number of hydrogen-bond donors (Lipinski definition) is 1. The Labute approximate surface area is 104 Å². The Hall–Kier alpha value is -0.860. The molecule has 1 N–H and O–H groups in total. The fraction of sp³-hybridized carbons (Fsp3) is 0.600.